The highest BCUT2D eigenvalue weighted by Crippen LogP contribution is 2.28. The third-order valence-electron chi connectivity index (χ3n) is 2.80. The van der Waals surface area contributed by atoms with E-state index in [4.69, 9.17) is 4.74 Å². The molecule has 17 heavy (non-hydrogen) atoms. The molecule has 3 heteroatoms. The molecule has 1 rings (SSSR count). The highest BCUT2D eigenvalue weighted by molar-refractivity contribution is 14.1. The summed E-state index contributed by atoms with van der Waals surface area (Å²) in [6.45, 7) is 4.45. The van der Waals surface area contributed by atoms with Crippen LogP contribution >= 0.6 is 22.6 Å². The summed E-state index contributed by atoms with van der Waals surface area (Å²) in [5.41, 5.74) is 0.692. The van der Waals surface area contributed by atoms with E-state index in [1.165, 1.54) is 0 Å². The van der Waals surface area contributed by atoms with Crippen molar-refractivity contribution in [2.24, 2.45) is 5.41 Å². The Hall–Kier alpha value is -0.580. The summed E-state index contributed by atoms with van der Waals surface area (Å²) in [5, 5.41) is 0. The van der Waals surface area contributed by atoms with Gasteiger partial charge in [-0.15, -0.1) is 0 Å². The Morgan fingerprint density at radius 3 is 2.53 bits per heavy atom. The van der Waals surface area contributed by atoms with Crippen molar-refractivity contribution in [2.45, 2.75) is 33.3 Å². The maximum absolute atomic E-state index is 12.0. The van der Waals surface area contributed by atoms with Crippen LogP contribution in [0.15, 0.2) is 30.3 Å². The highest BCUT2D eigenvalue weighted by Gasteiger charge is 2.32. The van der Waals surface area contributed by atoms with Crippen LogP contribution in [0.5, 0.6) is 0 Å². The molecule has 1 atom stereocenters. The number of carbonyl (C=O) groups excluding carboxylic acids is 1. The van der Waals surface area contributed by atoms with Gasteiger partial charge in [0, 0.05) is 4.43 Å². The minimum atomic E-state index is -0.343. The van der Waals surface area contributed by atoms with E-state index in [-0.39, 0.29) is 11.4 Å². The molecule has 0 saturated carbocycles. The van der Waals surface area contributed by atoms with Crippen molar-refractivity contribution in [1.29, 1.82) is 0 Å². The summed E-state index contributed by atoms with van der Waals surface area (Å²) < 4.78 is 6.19. The first-order chi connectivity index (χ1) is 8.12. The van der Waals surface area contributed by atoms with Crippen molar-refractivity contribution in [3.63, 3.8) is 0 Å². The SMILES string of the molecule is CCCC(C)(CI)C(=O)OCc1ccccc1. The lowest BCUT2D eigenvalue weighted by Crippen LogP contribution is -2.31. The number of hydrogen-bond donors (Lipinski definition) is 0. The molecule has 0 N–H and O–H groups in total. The molecule has 0 aliphatic heterocycles. The lowest BCUT2D eigenvalue weighted by molar-refractivity contribution is -0.155. The fourth-order valence-corrected chi connectivity index (χ4v) is 2.37. The summed E-state index contributed by atoms with van der Waals surface area (Å²) in [5.74, 6) is -0.0856. The Balaban J connectivity index is 2.54. The summed E-state index contributed by atoms with van der Waals surface area (Å²) in [6.07, 6.45) is 1.88. The Morgan fingerprint density at radius 2 is 2.00 bits per heavy atom. The number of ether oxygens (including phenoxy) is 1. The van der Waals surface area contributed by atoms with Crippen LogP contribution in [0.25, 0.3) is 0 Å². The molecule has 0 saturated heterocycles. The molecule has 1 aromatic rings. The van der Waals surface area contributed by atoms with Crippen LogP contribution in [-0.2, 0) is 16.1 Å². The first-order valence-electron chi connectivity index (χ1n) is 5.89. The third-order valence-corrected chi connectivity index (χ3v) is 4.49. The molecule has 0 aliphatic carbocycles. The second-order valence-electron chi connectivity index (χ2n) is 4.51. The Morgan fingerprint density at radius 1 is 1.35 bits per heavy atom. The number of rotatable bonds is 6. The van der Waals surface area contributed by atoms with Crippen LogP contribution in [0.3, 0.4) is 0 Å². The summed E-state index contributed by atoms with van der Waals surface area (Å²) >= 11 is 2.26. The topological polar surface area (TPSA) is 26.3 Å². The van der Waals surface area contributed by atoms with Gasteiger partial charge in [-0.05, 0) is 18.9 Å². The largest absolute Gasteiger partial charge is 0.460 e. The lowest BCUT2D eigenvalue weighted by atomic mass is 9.88. The van der Waals surface area contributed by atoms with Crippen LogP contribution in [0.2, 0.25) is 0 Å². The maximum atomic E-state index is 12.0. The van der Waals surface area contributed by atoms with E-state index in [9.17, 15) is 4.79 Å². The second-order valence-corrected chi connectivity index (χ2v) is 5.27. The second kappa shape index (κ2) is 6.99. The molecule has 0 bridgehead atoms. The van der Waals surface area contributed by atoms with E-state index in [0.717, 1.165) is 22.8 Å². The first kappa shape index (κ1) is 14.5. The predicted molar refractivity (Wildman–Crippen MR) is 78.1 cm³/mol. The molecule has 0 fully saturated rings. The molecule has 1 aromatic carbocycles. The van der Waals surface area contributed by atoms with Gasteiger partial charge in [-0.25, -0.2) is 0 Å². The third kappa shape index (κ3) is 4.30. The lowest BCUT2D eigenvalue weighted by Gasteiger charge is -2.24. The molecular formula is C14H19IO2. The zero-order chi connectivity index (χ0) is 12.7. The van der Waals surface area contributed by atoms with Gasteiger partial charge in [0.15, 0.2) is 0 Å². The molecule has 0 amide bonds. The molecule has 2 nitrogen and oxygen atoms in total. The van der Waals surface area contributed by atoms with Gasteiger partial charge in [-0.3, -0.25) is 4.79 Å². The van der Waals surface area contributed by atoms with Crippen molar-refractivity contribution >= 4 is 28.6 Å². The average Bonchev–Trinajstić information content (AvgIpc) is 2.37. The summed E-state index contributed by atoms with van der Waals surface area (Å²) in [6, 6.07) is 9.79. The molecular weight excluding hydrogens is 327 g/mol. The van der Waals surface area contributed by atoms with Gasteiger partial charge >= 0.3 is 5.97 Å². The van der Waals surface area contributed by atoms with Crippen molar-refractivity contribution in [3.8, 4) is 0 Å². The van der Waals surface area contributed by atoms with Crippen LogP contribution in [0, 0.1) is 5.41 Å². The van der Waals surface area contributed by atoms with E-state index in [1.54, 1.807) is 0 Å². The van der Waals surface area contributed by atoms with E-state index >= 15 is 0 Å². The normalized spacial score (nSPS) is 14.1. The summed E-state index contributed by atoms with van der Waals surface area (Å²) in [7, 11) is 0. The molecule has 0 radical (unpaired) electrons. The van der Waals surface area contributed by atoms with Crippen molar-refractivity contribution < 1.29 is 9.53 Å². The molecule has 0 spiro atoms. The first-order valence-corrected chi connectivity index (χ1v) is 7.42. The van der Waals surface area contributed by atoms with Crippen molar-refractivity contribution in [3.05, 3.63) is 35.9 Å². The van der Waals surface area contributed by atoms with Gasteiger partial charge in [-0.1, -0.05) is 66.3 Å². The van der Waals surface area contributed by atoms with Gasteiger partial charge in [-0.2, -0.15) is 0 Å². The van der Waals surface area contributed by atoms with Gasteiger partial charge in [0.05, 0.1) is 5.41 Å². The van der Waals surface area contributed by atoms with Gasteiger partial charge < -0.3 is 4.74 Å². The van der Waals surface area contributed by atoms with Crippen LogP contribution < -0.4 is 0 Å². The number of halogens is 1. The summed E-state index contributed by atoms with van der Waals surface area (Å²) in [4.78, 5) is 12.0. The fourth-order valence-electron chi connectivity index (χ4n) is 1.67. The van der Waals surface area contributed by atoms with Crippen molar-refractivity contribution in [2.75, 3.05) is 4.43 Å². The zero-order valence-electron chi connectivity index (χ0n) is 10.4. The smallest absolute Gasteiger partial charge is 0.312 e. The monoisotopic (exact) mass is 346 g/mol. The fraction of sp³-hybridized carbons (Fsp3) is 0.500. The van der Waals surface area contributed by atoms with E-state index in [1.807, 2.05) is 37.3 Å². The predicted octanol–water partition coefficient (Wildman–Crippen LogP) is 3.97. The molecule has 0 aromatic heterocycles. The Bertz CT molecular complexity index is 350. The number of carbonyl (C=O) groups is 1. The number of alkyl halides is 1. The maximum Gasteiger partial charge on any atom is 0.312 e. The quantitative estimate of drug-likeness (QED) is 0.443. The Labute approximate surface area is 117 Å². The van der Waals surface area contributed by atoms with E-state index in [0.29, 0.717) is 6.61 Å². The number of esters is 1. The van der Waals surface area contributed by atoms with E-state index < -0.39 is 0 Å². The van der Waals surface area contributed by atoms with Crippen LogP contribution in [0.4, 0.5) is 0 Å². The highest BCUT2D eigenvalue weighted by atomic mass is 127. The average molecular weight is 346 g/mol. The van der Waals surface area contributed by atoms with Gasteiger partial charge in [0.2, 0.25) is 0 Å². The standard InChI is InChI=1S/C14H19IO2/c1-3-9-14(2,11-15)13(16)17-10-12-7-5-4-6-8-12/h4-8H,3,9-11H2,1-2H3. The molecule has 0 aliphatic rings. The number of hydrogen-bond acceptors (Lipinski definition) is 2. The minimum Gasteiger partial charge on any atom is -0.460 e. The van der Waals surface area contributed by atoms with Gasteiger partial charge in [0.25, 0.3) is 0 Å². The Kier molecular flexibility index (Phi) is 5.95. The van der Waals surface area contributed by atoms with Crippen molar-refractivity contribution in [1.82, 2.24) is 0 Å². The molecule has 94 valence electrons. The van der Waals surface area contributed by atoms with Gasteiger partial charge in [0.1, 0.15) is 6.61 Å². The molecule has 1 unspecified atom stereocenters. The number of benzene rings is 1. The minimum absolute atomic E-state index is 0.0856. The van der Waals surface area contributed by atoms with Crippen LogP contribution in [-0.4, -0.2) is 10.4 Å². The molecule has 0 heterocycles. The van der Waals surface area contributed by atoms with Crippen LogP contribution in [0.1, 0.15) is 32.3 Å². The van der Waals surface area contributed by atoms with E-state index in [2.05, 4.69) is 29.5 Å². The zero-order valence-corrected chi connectivity index (χ0v) is 12.6.